The minimum atomic E-state index is 0.764. The fourth-order valence-electron chi connectivity index (χ4n) is 2.10. The van der Waals surface area contributed by atoms with Gasteiger partial charge in [-0.1, -0.05) is 41.6 Å². The number of aromatic nitrogens is 5. The first-order valence-electron chi connectivity index (χ1n) is 6.97. The Hall–Kier alpha value is -1.79. The third-order valence-electron chi connectivity index (χ3n) is 3.36. The molecule has 0 aliphatic carbocycles. The molecular weight excluding hydrogens is 318 g/mol. The number of nitrogens with zero attached hydrogens (tertiary/aromatic N) is 5. The summed E-state index contributed by atoms with van der Waals surface area (Å²) in [6.07, 6.45) is 3.79. The molecule has 114 valence electrons. The van der Waals surface area contributed by atoms with Crippen molar-refractivity contribution in [3.05, 3.63) is 47.2 Å². The van der Waals surface area contributed by atoms with Crippen LogP contribution in [0.4, 0.5) is 0 Å². The van der Waals surface area contributed by atoms with Crippen LogP contribution in [-0.4, -0.2) is 24.5 Å². The van der Waals surface area contributed by atoms with Crippen molar-refractivity contribution in [1.29, 1.82) is 0 Å². The molecule has 0 spiro atoms. The standard InChI is InChI=1S/C15H16ClN5S/c1-3-21-9-12(8-17-21)14-18-19-15(20(14)2)22-10-11-6-4-5-7-13(11)16/h4-9H,3,10H2,1-2H3. The highest BCUT2D eigenvalue weighted by Crippen LogP contribution is 2.27. The normalized spacial score (nSPS) is 11.0. The van der Waals surface area contributed by atoms with Crippen LogP contribution in [0.3, 0.4) is 0 Å². The van der Waals surface area contributed by atoms with Gasteiger partial charge in [-0.05, 0) is 18.6 Å². The van der Waals surface area contributed by atoms with E-state index in [4.69, 9.17) is 11.6 Å². The second-order valence-electron chi connectivity index (χ2n) is 4.83. The van der Waals surface area contributed by atoms with Crippen LogP contribution in [0.2, 0.25) is 5.02 Å². The molecule has 2 aromatic heterocycles. The summed E-state index contributed by atoms with van der Waals surface area (Å²) in [5.41, 5.74) is 2.07. The molecule has 0 bridgehead atoms. The fourth-order valence-corrected chi connectivity index (χ4v) is 3.30. The highest BCUT2D eigenvalue weighted by molar-refractivity contribution is 7.98. The first-order valence-corrected chi connectivity index (χ1v) is 8.33. The van der Waals surface area contributed by atoms with E-state index >= 15 is 0 Å². The van der Waals surface area contributed by atoms with Crippen LogP contribution in [0.1, 0.15) is 12.5 Å². The summed E-state index contributed by atoms with van der Waals surface area (Å²) < 4.78 is 3.86. The van der Waals surface area contributed by atoms with Crippen molar-refractivity contribution in [2.24, 2.45) is 7.05 Å². The van der Waals surface area contributed by atoms with Crippen LogP contribution in [-0.2, 0) is 19.3 Å². The third kappa shape index (κ3) is 3.03. The molecule has 0 aliphatic rings. The van der Waals surface area contributed by atoms with E-state index in [2.05, 4.69) is 22.2 Å². The topological polar surface area (TPSA) is 48.5 Å². The van der Waals surface area contributed by atoms with Crippen LogP contribution < -0.4 is 0 Å². The monoisotopic (exact) mass is 333 g/mol. The Labute approximate surface area is 138 Å². The van der Waals surface area contributed by atoms with E-state index in [1.807, 2.05) is 53.0 Å². The van der Waals surface area contributed by atoms with E-state index in [1.165, 1.54) is 0 Å². The van der Waals surface area contributed by atoms with Crippen molar-refractivity contribution in [1.82, 2.24) is 24.5 Å². The Bertz CT molecular complexity index is 780. The summed E-state index contributed by atoms with van der Waals surface area (Å²) in [4.78, 5) is 0. The predicted octanol–water partition coefficient (Wildman–Crippen LogP) is 3.64. The maximum absolute atomic E-state index is 6.18. The van der Waals surface area contributed by atoms with Crippen LogP contribution in [0.5, 0.6) is 0 Å². The van der Waals surface area contributed by atoms with Gasteiger partial charge < -0.3 is 4.57 Å². The van der Waals surface area contributed by atoms with Gasteiger partial charge >= 0.3 is 0 Å². The first-order chi connectivity index (χ1) is 10.7. The molecule has 0 fully saturated rings. The zero-order chi connectivity index (χ0) is 15.5. The van der Waals surface area contributed by atoms with Crippen molar-refractivity contribution >= 4 is 23.4 Å². The number of halogens is 1. The molecular formula is C15H16ClN5S. The SMILES string of the molecule is CCn1cc(-c2nnc(SCc3ccccc3Cl)n2C)cn1. The maximum Gasteiger partial charge on any atom is 0.191 e. The van der Waals surface area contributed by atoms with Gasteiger partial charge in [0, 0.05) is 30.6 Å². The molecule has 3 rings (SSSR count). The Morgan fingerprint density at radius 2 is 2.05 bits per heavy atom. The quantitative estimate of drug-likeness (QED) is 0.669. The van der Waals surface area contributed by atoms with Crippen LogP contribution in [0, 0.1) is 0 Å². The van der Waals surface area contributed by atoms with Gasteiger partial charge in [-0.15, -0.1) is 10.2 Å². The average Bonchev–Trinajstić information content (AvgIpc) is 3.13. The van der Waals surface area contributed by atoms with Crippen molar-refractivity contribution in [3.8, 4) is 11.4 Å². The summed E-state index contributed by atoms with van der Waals surface area (Å²) >= 11 is 7.80. The molecule has 0 saturated heterocycles. The van der Waals surface area contributed by atoms with Crippen molar-refractivity contribution in [2.45, 2.75) is 24.4 Å². The summed E-state index contributed by atoms with van der Waals surface area (Å²) in [6.45, 7) is 2.89. The highest BCUT2D eigenvalue weighted by atomic mass is 35.5. The molecule has 7 heteroatoms. The third-order valence-corrected chi connectivity index (χ3v) is 4.80. The van der Waals surface area contributed by atoms with Crippen LogP contribution in [0.15, 0.2) is 41.8 Å². The van der Waals surface area contributed by atoms with E-state index in [0.29, 0.717) is 0 Å². The first kappa shape index (κ1) is 15.1. The van der Waals surface area contributed by atoms with Crippen LogP contribution in [0.25, 0.3) is 11.4 Å². The molecule has 0 N–H and O–H groups in total. The van der Waals surface area contributed by atoms with Gasteiger partial charge in [0.2, 0.25) is 0 Å². The molecule has 0 amide bonds. The predicted molar refractivity (Wildman–Crippen MR) is 88.9 cm³/mol. The number of thioether (sulfide) groups is 1. The van der Waals surface area contributed by atoms with Crippen molar-refractivity contribution < 1.29 is 0 Å². The Morgan fingerprint density at radius 1 is 1.23 bits per heavy atom. The second-order valence-corrected chi connectivity index (χ2v) is 6.18. The molecule has 0 aliphatic heterocycles. The maximum atomic E-state index is 6.18. The molecule has 0 radical (unpaired) electrons. The Kier molecular flexibility index (Phi) is 4.49. The smallest absolute Gasteiger partial charge is 0.191 e. The van der Waals surface area contributed by atoms with Gasteiger partial charge in [0.1, 0.15) is 0 Å². The molecule has 1 aromatic carbocycles. The van der Waals surface area contributed by atoms with E-state index in [0.717, 1.165) is 39.4 Å². The summed E-state index contributed by atoms with van der Waals surface area (Å²) in [5.74, 6) is 1.58. The van der Waals surface area contributed by atoms with Crippen LogP contribution >= 0.6 is 23.4 Å². The van der Waals surface area contributed by atoms with Crippen molar-refractivity contribution in [3.63, 3.8) is 0 Å². The molecule has 2 heterocycles. The lowest BCUT2D eigenvalue weighted by Crippen LogP contribution is -1.95. The summed E-state index contributed by atoms with van der Waals surface area (Å²) in [5, 5.41) is 14.5. The number of aryl methyl sites for hydroxylation is 1. The summed E-state index contributed by atoms with van der Waals surface area (Å²) in [7, 11) is 1.97. The summed E-state index contributed by atoms with van der Waals surface area (Å²) in [6, 6.07) is 7.85. The second kappa shape index (κ2) is 6.54. The zero-order valence-corrected chi connectivity index (χ0v) is 14.0. The van der Waals surface area contributed by atoms with E-state index in [9.17, 15) is 0 Å². The highest BCUT2D eigenvalue weighted by Gasteiger charge is 2.13. The average molecular weight is 334 g/mol. The van der Waals surface area contributed by atoms with Crippen molar-refractivity contribution in [2.75, 3.05) is 0 Å². The van der Waals surface area contributed by atoms with Gasteiger partial charge in [-0.2, -0.15) is 5.10 Å². The van der Waals surface area contributed by atoms with E-state index in [-0.39, 0.29) is 0 Å². The molecule has 0 unspecified atom stereocenters. The minimum Gasteiger partial charge on any atom is -0.305 e. The molecule has 0 saturated carbocycles. The van der Waals surface area contributed by atoms with Gasteiger partial charge in [0.25, 0.3) is 0 Å². The van der Waals surface area contributed by atoms with Gasteiger partial charge in [0.05, 0.1) is 11.8 Å². The number of benzene rings is 1. The minimum absolute atomic E-state index is 0.764. The Morgan fingerprint density at radius 3 is 2.77 bits per heavy atom. The molecule has 22 heavy (non-hydrogen) atoms. The van der Waals surface area contributed by atoms with Gasteiger partial charge in [-0.25, -0.2) is 0 Å². The zero-order valence-electron chi connectivity index (χ0n) is 12.4. The lowest BCUT2D eigenvalue weighted by atomic mass is 10.2. The fraction of sp³-hybridized carbons (Fsp3) is 0.267. The van der Waals surface area contributed by atoms with Gasteiger partial charge in [0.15, 0.2) is 11.0 Å². The largest absolute Gasteiger partial charge is 0.305 e. The number of hydrogen-bond donors (Lipinski definition) is 0. The Balaban J connectivity index is 1.77. The molecule has 3 aromatic rings. The molecule has 0 atom stereocenters. The van der Waals surface area contributed by atoms with E-state index in [1.54, 1.807) is 11.8 Å². The lowest BCUT2D eigenvalue weighted by molar-refractivity contribution is 0.660. The molecule has 5 nitrogen and oxygen atoms in total. The van der Waals surface area contributed by atoms with E-state index < -0.39 is 0 Å². The number of hydrogen-bond acceptors (Lipinski definition) is 4. The lowest BCUT2D eigenvalue weighted by Gasteiger charge is -2.04. The van der Waals surface area contributed by atoms with Gasteiger partial charge in [-0.3, -0.25) is 4.68 Å². The number of rotatable bonds is 5.